The van der Waals surface area contributed by atoms with Gasteiger partial charge in [-0.25, -0.2) is 0 Å². The van der Waals surface area contributed by atoms with Gasteiger partial charge in [0.1, 0.15) is 5.82 Å². The normalized spacial score (nSPS) is 36.2. The van der Waals surface area contributed by atoms with Crippen LogP contribution in [-0.2, 0) is 0 Å². The van der Waals surface area contributed by atoms with Crippen LogP contribution in [0.1, 0.15) is 36.4 Å². The van der Waals surface area contributed by atoms with Crippen LogP contribution < -0.4 is 5.73 Å². The van der Waals surface area contributed by atoms with Crippen LogP contribution in [0, 0.1) is 18.8 Å². The lowest BCUT2D eigenvalue weighted by atomic mass is 9.97. The molecule has 3 heteroatoms. The van der Waals surface area contributed by atoms with E-state index in [4.69, 9.17) is 5.73 Å². The number of rotatable bonds is 1. The SMILES string of the molecule is Cc1c(N)n[nH]c1C1C[C@@H]2C[C@@H]2C1. The predicted octanol–water partition coefficient (Wildman–Crippen LogP) is 1.81. The Balaban J connectivity index is 1.88. The highest BCUT2D eigenvalue weighted by molar-refractivity contribution is 5.42. The zero-order valence-corrected chi connectivity index (χ0v) is 7.88. The summed E-state index contributed by atoms with van der Waals surface area (Å²) in [7, 11) is 0. The highest BCUT2D eigenvalue weighted by Gasteiger charge is 2.46. The molecule has 0 aliphatic heterocycles. The summed E-state index contributed by atoms with van der Waals surface area (Å²) >= 11 is 0. The highest BCUT2D eigenvalue weighted by atomic mass is 15.2. The Morgan fingerprint density at radius 3 is 2.54 bits per heavy atom. The molecule has 0 bridgehead atoms. The van der Waals surface area contributed by atoms with Gasteiger partial charge in [0.15, 0.2) is 0 Å². The second kappa shape index (κ2) is 2.28. The Kier molecular flexibility index (Phi) is 1.30. The number of nitrogens with one attached hydrogen (secondary N) is 1. The molecule has 3 atom stereocenters. The second-order valence-electron chi connectivity index (χ2n) is 4.57. The van der Waals surface area contributed by atoms with Crippen molar-refractivity contribution in [1.82, 2.24) is 10.2 Å². The topological polar surface area (TPSA) is 54.7 Å². The molecule has 0 radical (unpaired) electrons. The Hall–Kier alpha value is -0.990. The lowest BCUT2D eigenvalue weighted by Gasteiger charge is -2.09. The molecule has 0 aromatic carbocycles. The molecule has 2 saturated carbocycles. The third-order valence-electron chi connectivity index (χ3n) is 3.74. The van der Waals surface area contributed by atoms with E-state index in [9.17, 15) is 0 Å². The van der Waals surface area contributed by atoms with Gasteiger partial charge in [0.2, 0.25) is 0 Å². The summed E-state index contributed by atoms with van der Waals surface area (Å²) in [6.45, 7) is 2.07. The van der Waals surface area contributed by atoms with Crippen molar-refractivity contribution in [2.45, 2.75) is 32.1 Å². The van der Waals surface area contributed by atoms with Gasteiger partial charge in [-0.15, -0.1) is 0 Å². The molecule has 2 aliphatic rings. The van der Waals surface area contributed by atoms with Gasteiger partial charge in [0.05, 0.1) is 0 Å². The zero-order valence-electron chi connectivity index (χ0n) is 7.88. The quantitative estimate of drug-likeness (QED) is 0.687. The van der Waals surface area contributed by atoms with Crippen LogP contribution in [0.15, 0.2) is 0 Å². The first-order chi connectivity index (χ1) is 6.25. The molecule has 1 unspecified atom stereocenters. The van der Waals surface area contributed by atoms with E-state index in [-0.39, 0.29) is 0 Å². The van der Waals surface area contributed by atoms with Crippen molar-refractivity contribution in [3.05, 3.63) is 11.3 Å². The van der Waals surface area contributed by atoms with Crippen LogP contribution in [0.4, 0.5) is 5.82 Å². The summed E-state index contributed by atoms with van der Waals surface area (Å²) in [6, 6.07) is 0. The molecule has 1 heterocycles. The van der Waals surface area contributed by atoms with Gasteiger partial charge in [-0.2, -0.15) is 5.10 Å². The standard InChI is InChI=1S/C10H15N3/c1-5-9(12-13-10(5)11)8-3-6-2-7(6)4-8/h6-8H,2-4H2,1H3,(H3,11,12,13)/t6-,7+,8?. The highest BCUT2D eigenvalue weighted by Crippen LogP contribution is 2.57. The number of aromatic amines is 1. The first-order valence-electron chi connectivity index (χ1n) is 5.06. The second-order valence-corrected chi connectivity index (χ2v) is 4.57. The largest absolute Gasteiger partial charge is 0.382 e. The molecule has 2 aliphatic carbocycles. The predicted molar refractivity (Wildman–Crippen MR) is 51.3 cm³/mol. The molecule has 0 saturated heterocycles. The van der Waals surface area contributed by atoms with Gasteiger partial charge in [-0.3, -0.25) is 5.10 Å². The van der Waals surface area contributed by atoms with E-state index in [1.165, 1.54) is 30.5 Å². The van der Waals surface area contributed by atoms with Gasteiger partial charge in [0.25, 0.3) is 0 Å². The van der Waals surface area contributed by atoms with Crippen molar-refractivity contribution in [2.75, 3.05) is 5.73 Å². The molecule has 3 N–H and O–H groups in total. The summed E-state index contributed by atoms with van der Waals surface area (Å²) in [6.07, 6.45) is 4.18. The number of hydrogen-bond acceptors (Lipinski definition) is 2. The van der Waals surface area contributed by atoms with E-state index < -0.39 is 0 Å². The number of anilines is 1. The van der Waals surface area contributed by atoms with E-state index in [2.05, 4.69) is 17.1 Å². The molecule has 70 valence electrons. The number of nitrogen functional groups attached to an aromatic ring is 1. The Bertz CT molecular complexity index is 332. The molecule has 3 rings (SSSR count). The molecule has 2 fully saturated rings. The fraction of sp³-hybridized carbons (Fsp3) is 0.700. The number of hydrogen-bond donors (Lipinski definition) is 2. The summed E-state index contributed by atoms with van der Waals surface area (Å²) < 4.78 is 0. The van der Waals surface area contributed by atoms with Gasteiger partial charge < -0.3 is 5.73 Å². The maximum Gasteiger partial charge on any atom is 0.148 e. The van der Waals surface area contributed by atoms with Crippen LogP contribution >= 0.6 is 0 Å². The number of aromatic nitrogens is 2. The molecule has 13 heavy (non-hydrogen) atoms. The molecular formula is C10H15N3. The summed E-state index contributed by atoms with van der Waals surface area (Å²) in [4.78, 5) is 0. The Morgan fingerprint density at radius 1 is 1.31 bits per heavy atom. The van der Waals surface area contributed by atoms with Gasteiger partial charge in [-0.1, -0.05) is 0 Å². The van der Waals surface area contributed by atoms with Crippen LogP contribution in [0.25, 0.3) is 0 Å². The third-order valence-corrected chi connectivity index (χ3v) is 3.74. The van der Waals surface area contributed by atoms with Crippen molar-refractivity contribution < 1.29 is 0 Å². The maximum atomic E-state index is 5.71. The lowest BCUT2D eigenvalue weighted by molar-refractivity contribution is 0.603. The minimum Gasteiger partial charge on any atom is -0.382 e. The minimum atomic E-state index is 0.676. The van der Waals surface area contributed by atoms with E-state index in [1.807, 2.05) is 0 Å². The zero-order chi connectivity index (χ0) is 9.00. The number of H-pyrrole nitrogens is 1. The van der Waals surface area contributed by atoms with Crippen LogP contribution in [0.2, 0.25) is 0 Å². The molecule has 0 amide bonds. The number of nitrogens with two attached hydrogens (primary N) is 1. The van der Waals surface area contributed by atoms with Crippen LogP contribution in [0.5, 0.6) is 0 Å². The first kappa shape index (κ1) is 7.42. The molecule has 1 aromatic heterocycles. The molecular weight excluding hydrogens is 162 g/mol. The first-order valence-corrected chi connectivity index (χ1v) is 5.06. The number of fused-ring (bicyclic) bond motifs is 1. The van der Waals surface area contributed by atoms with Crippen LogP contribution in [-0.4, -0.2) is 10.2 Å². The van der Waals surface area contributed by atoms with Crippen LogP contribution in [0.3, 0.4) is 0 Å². The number of nitrogens with zero attached hydrogens (tertiary/aromatic N) is 1. The summed E-state index contributed by atoms with van der Waals surface area (Å²) in [5, 5.41) is 7.14. The van der Waals surface area contributed by atoms with E-state index >= 15 is 0 Å². The minimum absolute atomic E-state index is 0.676. The summed E-state index contributed by atoms with van der Waals surface area (Å²) in [5.41, 5.74) is 8.18. The monoisotopic (exact) mass is 177 g/mol. The fourth-order valence-corrected chi connectivity index (χ4v) is 2.77. The van der Waals surface area contributed by atoms with Crippen molar-refractivity contribution in [3.8, 4) is 0 Å². The van der Waals surface area contributed by atoms with Gasteiger partial charge in [0, 0.05) is 17.2 Å². The maximum absolute atomic E-state index is 5.71. The van der Waals surface area contributed by atoms with Crippen molar-refractivity contribution in [2.24, 2.45) is 11.8 Å². The smallest absolute Gasteiger partial charge is 0.148 e. The Morgan fingerprint density at radius 2 is 2.00 bits per heavy atom. The lowest BCUT2D eigenvalue weighted by Crippen LogP contribution is -1.98. The molecule has 1 aromatic rings. The average Bonchev–Trinajstić information content (AvgIpc) is 2.58. The van der Waals surface area contributed by atoms with Crippen molar-refractivity contribution in [1.29, 1.82) is 0 Å². The Labute approximate surface area is 77.7 Å². The fourth-order valence-electron chi connectivity index (χ4n) is 2.77. The van der Waals surface area contributed by atoms with E-state index in [0.717, 1.165) is 11.8 Å². The third kappa shape index (κ3) is 0.992. The van der Waals surface area contributed by atoms with Gasteiger partial charge >= 0.3 is 0 Å². The molecule has 3 nitrogen and oxygen atoms in total. The van der Waals surface area contributed by atoms with Gasteiger partial charge in [-0.05, 0) is 38.0 Å². The van der Waals surface area contributed by atoms with Crippen molar-refractivity contribution in [3.63, 3.8) is 0 Å². The molecule has 0 spiro atoms. The van der Waals surface area contributed by atoms with Crippen molar-refractivity contribution >= 4 is 5.82 Å². The van der Waals surface area contributed by atoms with E-state index in [1.54, 1.807) is 0 Å². The average molecular weight is 177 g/mol. The van der Waals surface area contributed by atoms with E-state index in [0.29, 0.717) is 11.7 Å². The summed E-state index contributed by atoms with van der Waals surface area (Å²) in [5.74, 6) is 3.44.